The Morgan fingerprint density at radius 1 is 1.32 bits per heavy atom. The number of H-pyrrole nitrogens is 1. The molecule has 1 aromatic heterocycles. The third kappa shape index (κ3) is 3.11. The summed E-state index contributed by atoms with van der Waals surface area (Å²) in [7, 11) is 0. The molecule has 1 aromatic carbocycles. The van der Waals surface area contributed by atoms with Crippen LogP contribution < -0.4 is 5.32 Å². The van der Waals surface area contributed by atoms with Gasteiger partial charge in [0.25, 0.3) is 0 Å². The molecule has 100 valence electrons. The maximum absolute atomic E-state index is 11.7. The fourth-order valence-electron chi connectivity index (χ4n) is 1.83. The zero-order valence-corrected chi connectivity index (χ0v) is 10.1. The highest BCUT2D eigenvalue weighted by atomic mass is 16.4. The second kappa shape index (κ2) is 5.53. The molecule has 6 nitrogen and oxygen atoms in total. The maximum atomic E-state index is 11.7. The van der Waals surface area contributed by atoms with Crippen molar-refractivity contribution in [3.05, 3.63) is 36.0 Å². The van der Waals surface area contributed by atoms with Gasteiger partial charge in [-0.05, 0) is 17.5 Å². The molecule has 0 aliphatic rings. The maximum Gasteiger partial charge on any atom is 0.328 e. The highest BCUT2D eigenvalue weighted by Crippen LogP contribution is 2.14. The highest BCUT2D eigenvalue weighted by Gasteiger charge is 2.18. The molecule has 0 bridgehead atoms. The number of hydrogen-bond donors (Lipinski definition) is 4. The van der Waals surface area contributed by atoms with Crippen LogP contribution in [0.4, 0.5) is 0 Å². The van der Waals surface area contributed by atoms with Crippen molar-refractivity contribution in [2.24, 2.45) is 0 Å². The van der Waals surface area contributed by atoms with E-state index in [1.807, 2.05) is 30.3 Å². The van der Waals surface area contributed by atoms with E-state index in [-0.39, 0.29) is 6.42 Å². The smallest absolute Gasteiger partial charge is 0.328 e. The first-order chi connectivity index (χ1) is 9.10. The lowest BCUT2D eigenvalue weighted by Crippen LogP contribution is -2.43. The van der Waals surface area contributed by atoms with E-state index in [1.54, 1.807) is 0 Å². The largest absolute Gasteiger partial charge is 0.480 e. The molecule has 6 heteroatoms. The summed E-state index contributed by atoms with van der Waals surface area (Å²) in [5.74, 6) is -1.71. The number of aromatic nitrogens is 1. The van der Waals surface area contributed by atoms with Gasteiger partial charge < -0.3 is 20.5 Å². The van der Waals surface area contributed by atoms with Gasteiger partial charge in [0.2, 0.25) is 5.91 Å². The molecule has 19 heavy (non-hydrogen) atoms. The number of carbonyl (C=O) groups excluding carboxylic acids is 1. The molecular formula is C13H14N2O4. The molecule has 0 saturated heterocycles. The highest BCUT2D eigenvalue weighted by molar-refractivity contribution is 5.86. The molecular weight excluding hydrogens is 248 g/mol. The number of hydrogen-bond acceptors (Lipinski definition) is 3. The first kappa shape index (κ1) is 13.1. The van der Waals surface area contributed by atoms with E-state index < -0.39 is 24.5 Å². The Kier molecular flexibility index (Phi) is 3.82. The number of rotatable bonds is 5. The summed E-state index contributed by atoms with van der Waals surface area (Å²) in [5.41, 5.74) is 1.61. The van der Waals surface area contributed by atoms with Gasteiger partial charge in [-0.25, -0.2) is 4.79 Å². The Morgan fingerprint density at radius 2 is 2.05 bits per heavy atom. The average molecular weight is 262 g/mol. The van der Waals surface area contributed by atoms with Gasteiger partial charge in [0.1, 0.15) is 6.04 Å². The van der Waals surface area contributed by atoms with Crippen LogP contribution in [0.25, 0.3) is 10.9 Å². The first-order valence-electron chi connectivity index (χ1n) is 5.80. The summed E-state index contributed by atoms with van der Waals surface area (Å²) in [6.07, 6.45) is 0.0401. The van der Waals surface area contributed by atoms with E-state index in [1.165, 1.54) is 0 Å². The van der Waals surface area contributed by atoms with Gasteiger partial charge in [-0.3, -0.25) is 4.79 Å². The van der Waals surface area contributed by atoms with Crippen LogP contribution >= 0.6 is 0 Å². The number of para-hydroxylation sites is 1. The zero-order valence-electron chi connectivity index (χ0n) is 10.1. The number of carboxylic acids is 1. The van der Waals surface area contributed by atoms with Crippen LogP contribution in [0.2, 0.25) is 0 Å². The van der Waals surface area contributed by atoms with Crippen molar-refractivity contribution in [1.29, 1.82) is 0 Å². The minimum absolute atomic E-state index is 0.0401. The topological polar surface area (TPSA) is 102 Å². The summed E-state index contributed by atoms with van der Waals surface area (Å²) in [5, 5.41) is 20.8. The summed E-state index contributed by atoms with van der Waals surface area (Å²) in [6.45, 7) is -0.631. The van der Waals surface area contributed by atoms with E-state index in [9.17, 15) is 9.59 Å². The predicted octanol–water partition coefficient (Wildman–Crippen LogP) is 0.272. The van der Waals surface area contributed by atoms with Crippen molar-refractivity contribution in [3.8, 4) is 0 Å². The van der Waals surface area contributed by atoms with Gasteiger partial charge in [0.15, 0.2) is 0 Å². The van der Waals surface area contributed by atoms with E-state index in [0.29, 0.717) is 5.69 Å². The minimum Gasteiger partial charge on any atom is -0.480 e. The van der Waals surface area contributed by atoms with Gasteiger partial charge in [-0.2, -0.15) is 0 Å². The lowest BCUT2D eigenvalue weighted by molar-refractivity contribution is -0.142. The average Bonchev–Trinajstić information content (AvgIpc) is 2.77. The summed E-state index contributed by atoms with van der Waals surface area (Å²) < 4.78 is 0. The van der Waals surface area contributed by atoms with Crippen molar-refractivity contribution in [2.75, 3.05) is 6.61 Å². The van der Waals surface area contributed by atoms with Crippen LogP contribution in [0.3, 0.4) is 0 Å². The number of aliphatic carboxylic acids is 1. The number of nitrogens with one attached hydrogen (secondary N) is 2. The van der Waals surface area contributed by atoms with Gasteiger partial charge in [-0.15, -0.1) is 0 Å². The Bertz CT molecular complexity index is 572. The SMILES string of the molecule is O=C(Cc1cc2ccccc2[nH]1)N[C@@H](CO)C(=O)O. The van der Waals surface area contributed by atoms with Crippen LogP contribution in [-0.4, -0.2) is 39.7 Å². The van der Waals surface area contributed by atoms with Crippen LogP contribution in [0.5, 0.6) is 0 Å². The fourth-order valence-corrected chi connectivity index (χ4v) is 1.83. The number of fused-ring (bicyclic) bond motifs is 1. The Labute approximate surface area is 109 Å². The third-order valence-corrected chi connectivity index (χ3v) is 2.75. The lowest BCUT2D eigenvalue weighted by atomic mass is 10.2. The molecule has 0 fully saturated rings. The number of amides is 1. The molecule has 2 aromatic rings. The normalized spacial score (nSPS) is 12.3. The van der Waals surface area contributed by atoms with Crippen molar-refractivity contribution in [1.82, 2.24) is 10.3 Å². The van der Waals surface area contributed by atoms with Crippen molar-refractivity contribution >= 4 is 22.8 Å². The molecule has 4 N–H and O–H groups in total. The summed E-state index contributed by atoms with van der Waals surface area (Å²) in [4.78, 5) is 25.4. The van der Waals surface area contributed by atoms with Crippen molar-refractivity contribution in [3.63, 3.8) is 0 Å². The van der Waals surface area contributed by atoms with Gasteiger partial charge >= 0.3 is 5.97 Å². The third-order valence-electron chi connectivity index (χ3n) is 2.75. The Morgan fingerprint density at radius 3 is 2.68 bits per heavy atom. The second-order valence-corrected chi connectivity index (χ2v) is 4.20. The number of aromatic amines is 1. The number of carbonyl (C=O) groups is 2. The molecule has 0 aliphatic heterocycles. The quantitative estimate of drug-likeness (QED) is 0.621. The monoisotopic (exact) mass is 262 g/mol. The number of carboxylic acid groups (broad SMARTS) is 1. The van der Waals surface area contributed by atoms with Gasteiger partial charge in [0.05, 0.1) is 13.0 Å². The number of aliphatic hydroxyl groups excluding tert-OH is 1. The molecule has 1 atom stereocenters. The fraction of sp³-hybridized carbons (Fsp3) is 0.231. The van der Waals surface area contributed by atoms with Crippen LogP contribution in [0.15, 0.2) is 30.3 Å². The van der Waals surface area contributed by atoms with Crippen molar-refractivity contribution < 1.29 is 19.8 Å². The number of benzene rings is 1. The molecule has 2 rings (SSSR count). The first-order valence-corrected chi connectivity index (χ1v) is 5.80. The van der Waals surface area contributed by atoms with Crippen LogP contribution in [0, 0.1) is 0 Å². The Hall–Kier alpha value is -2.34. The second-order valence-electron chi connectivity index (χ2n) is 4.20. The Balaban J connectivity index is 2.04. The van der Waals surface area contributed by atoms with Crippen molar-refractivity contribution in [2.45, 2.75) is 12.5 Å². The van der Waals surface area contributed by atoms with E-state index in [0.717, 1.165) is 10.9 Å². The molecule has 0 spiro atoms. The summed E-state index contributed by atoms with van der Waals surface area (Å²) >= 11 is 0. The minimum atomic E-state index is -1.27. The standard InChI is InChI=1S/C13H14N2O4/c16-7-11(13(18)19)15-12(17)6-9-5-8-3-1-2-4-10(8)14-9/h1-5,11,14,16H,6-7H2,(H,15,17)(H,18,19)/t11-/m0/s1. The molecule has 1 heterocycles. The van der Waals surface area contributed by atoms with E-state index >= 15 is 0 Å². The molecule has 0 unspecified atom stereocenters. The van der Waals surface area contributed by atoms with Gasteiger partial charge in [-0.1, -0.05) is 18.2 Å². The van der Waals surface area contributed by atoms with E-state index in [4.69, 9.17) is 10.2 Å². The van der Waals surface area contributed by atoms with Crippen LogP contribution in [0.1, 0.15) is 5.69 Å². The summed E-state index contributed by atoms with van der Waals surface area (Å²) in [6, 6.07) is 8.16. The molecule has 0 radical (unpaired) electrons. The predicted molar refractivity (Wildman–Crippen MR) is 68.7 cm³/mol. The van der Waals surface area contributed by atoms with Gasteiger partial charge in [0, 0.05) is 11.2 Å². The lowest BCUT2D eigenvalue weighted by Gasteiger charge is -2.10. The molecule has 0 saturated carbocycles. The molecule has 1 amide bonds. The van der Waals surface area contributed by atoms with Crippen LogP contribution in [-0.2, 0) is 16.0 Å². The zero-order chi connectivity index (χ0) is 13.8. The molecule has 0 aliphatic carbocycles. The van der Waals surface area contributed by atoms with E-state index in [2.05, 4.69) is 10.3 Å². The number of aliphatic hydroxyl groups is 1.